The van der Waals surface area contributed by atoms with Crippen LogP contribution in [0.5, 0.6) is 0 Å². The number of rotatable bonds is 7. The topological polar surface area (TPSA) is 130 Å². The van der Waals surface area contributed by atoms with Crippen molar-refractivity contribution in [3.05, 3.63) is 23.8 Å². The van der Waals surface area contributed by atoms with Crippen LogP contribution < -0.4 is 10.2 Å². The van der Waals surface area contributed by atoms with Crippen LogP contribution in [0.25, 0.3) is 0 Å². The van der Waals surface area contributed by atoms with E-state index in [1.54, 1.807) is 6.07 Å². The van der Waals surface area contributed by atoms with Gasteiger partial charge in [0.25, 0.3) is 5.91 Å². The van der Waals surface area contributed by atoms with E-state index in [-0.39, 0.29) is 22.0 Å². The third-order valence-corrected chi connectivity index (χ3v) is 8.92. The number of nitrogens with one attached hydrogen (secondary N) is 1. The molecule has 0 bridgehead atoms. The predicted octanol–water partition coefficient (Wildman–Crippen LogP) is -0.00280. The maximum absolute atomic E-state index is 12.8. The van der Waals surface area contributed by atoms with Crippen LogP contribution in [0.1, 0.15) is 29.6 Å². The average molecular weight is 474 g/mol. The lowest BCUT2D eigenvalue weighted by Crippen LogP contribution is -2.38. The molecule has 0 aromatic heterocycles. The highest BCUT2D eigenvalue weighted by Crippen LogP contribution is 2.28. The third kappa shape index (κ3) is 5.55. The Hall–Kier alpha value is -2.18. The first-order chi connectivity index (χ1) is 14.5. The number of sulfone groups is 1. The summed E-state index contributed by atoms with van der Waals surface area (Å²) in [5.74, 6) is -1.53. The Bertz CT molecular complexity index is 1060. The van der Waals surface area contributed by atoms with Crippen LogP contribution in [-0.2, 0) is 29.4 Å². The minimum Gasteiger partial charge on any atom is -0.452 e. The predicted molar refractivity (Wildman–Crippen MR) is 114 cm³/mol. The molecule has 1 aromatic rings. The van der Waals surface area contributed by atoms with Gasteiger partial charge in [0, 0.05) is 33.2 Å². The Labute approximate surface area is 182 Å². The van der Waals surface area contributed by atoms with Crippen LogP contribution in [-0.4, -0.2) is 84.4 Å². The second kappa shape index (κ2) is 9.13. The Balaban J connectivity index is 1.75. The number of nitrogens with zero attached hydrogens (tertiary/aromatic N) is 2. The van der Waals surface area contributed by atoms with Crippen molar-refractivity contribution < 1.29 is 31.2 Å². The Morgan fingerprint density at radius 3 is 2.48 bits per heavy atom. The fourth-order valence-electron chi connectivity index (χ4n) is 3.67. The zero-order chi connectivity index (χ0) is 22.8. The maximum Gasteiger partial charge on any atom is 0.340 e. The molecule has 31 heavy (non-hydrogen) atoms. The fraction of sp³-hybridized carbons (Fsp3) is 0.579. The quantitative estimate of drug-likeness (QED) is 0.548. The number of benzene rings is 1. The molecule has 10 nitrogen and oxygen atoms in total. The van der Waals surface area contributed by atoms with Crippen molar-refractivity contribution in [3.8, 4) is 0 Å². The van der Waals surface area contributed by atoms with Gasteiger partial charge in [-0.3, -0.25) is 4.79 Å². The van der Waals surface area contributed by atoms with E-state index in [0.29, 0.717) is 12.1 Å². The summed E-state index contributed by atoms with van der Waals surface area (Å²) < 4.78 is 54.2. The first-order valence-electron chi connectivity index (χ1n) is 9.98. The smallest absolute Gasteiger partial charge is 0.340 e. The van der Waals surface area contributed by atoms with Gasteiger partial charge < -0.3 is 15.0 Å². The monoisotopic (exact) mass is 473 g/mol. The van der Waals surface area contributed by atoms with Gasteiger partial charge in [-0.2, -0.15) is 0 Å². The third-order valence-electron chi connectivity index (χ3n) is 5.35. The van der Waals surface area contributed by atoms with E-state index in [0.717, 1.165) is 30.2 Å². The molecule has 0 radical (unpaired) electrons. The number of sulfonamides is 1. The van der Waals surface area contributed by atoms with Gasteiger partial charge in [0.1, 0.15) is 0 Å². The van der Waals surface area contributed by atoms with E-state index in [1.165, 1.54) is 26.2 Å². The van der Waals surface area contributed by atoms with E-state index < -0.39 is 44.4 Å². The zero-order valence-electron chi connectivity index (χ0n) is 17.5. The molecule has 2 fully saturated rings. The van der Waals surface area contributed by atoms with Gasteiger partial charge >= 0.3 is 5.97 Å². The molecule has 2 heterocycles. The van der Waals surface area contributed by atoms with Crippen molar-refractivity contribution in [3.63, 3.8) is 0 Å². The molecule has 12 heteroatoms. The van der Waals surface area contributed by atoms with Crippen molar-refractivity contribution >= 4 is 37.4 Å². The molecule has 1 atom stereocenters. The fourth-order valence-corrected chi connectivity index (χ4v) is 6.27. The van der Waals surface area contributed by atoms with Crippen LogP contribution in [0.15, 0.2) is 23.1 Å². The van der Waals surface area contributed by atoms with Gasteiger partial charge in [-0.1, -0.05) is 0 Å². The van der Waals surface area contributed by atoms with Crippen molar-refractivity contribution in [1.82, 2.24) is 9.62 Å². The second-order valence-corrected chi connectivity index (χ2v) is 12.3. The molecule has 2 aliphatic rings. The SMILES string of the molecule is CN(C)S(=O)(=O)c1ccc(N2CCCC2)c(C(=O)OCC(=O)N[C@@H]2CCS(=O)(=O)C2)c1. The molecule has 0 aliphatic carbocycles. The lowest BCUT2D eigenvalue weighted by Gasteiger charge is -2.22. The van der Waals surface area contributed by atoms with E-state index >= 15 is 0 Å². The van der Waals surface area contributed by atoms with Crippen LogP contribution in [0.2, 0.25) is 0 Å². The Kier molecular flexibility index (Phi) is 6.92. The number of carbonyl (C=O) groups is 2. The van der Waals surface area contributed by atoms with Gasteiger partial charge in [-0.25, -0.2) is 25.9 Å². The first kappa shape index (κ1) is 23.5. The maximum atomic E-state index is 12.8. The average Bonchev–Trinajstić information content (AvgIpc) is 3.35. The Morgan fingerprint density at radius 1 is 1.23 bits per heavy atom. The Morgan fingerprint density at radius 2 is 1.90 bits per heavy atom. The summed E-state index contributed by atoms with van der Waals surface area (Å²) in [6, 6.07) is 3.81. The van der Waals surface area contributed by atoms with Crippen LogP contribution >= 0.6 is 0 Å². The number of ether oxygens (including phenoxy) is 1. The summed E-state index contributed by atoms with van der Waals surface area (Å²) in [4.78, 5) is 26.8. The summed E-state index contributed by atoms with van der Waals surface area (Å²) in [5, 5.41) is 2.55. The van der Waals surface area contributed by atoms with Crippen LogP contribution in [0.3, 0.4) is 0 Å². The molecule has 1 amide bonds. The van der Waals surface area contributed by atoms with Crippen molar-refractivity contribution in [2.75, 3.05) is 50.2 Å². The number of amides is 1. The summed E-state index contributed by atoms with van der Waals surface area (Å²) in [5.41, 5.74) is 0.628. The largest absolute Gasteiger partial charge is 0.452 e. The van der Waals surface area contributed by atoms with Crippen LogP contribution in [0, 0.1) is 0 Å². The van der Waals surface area contributed by atoms with Crippen molar-refractivity contribution in [2.45, 2.75) is 30.2 Å². The van der Waals surface area contributed by atoms with Crippen molar-refractivity contribution in [2.24, 2.45) is 0 Å². The molecule has 2 saturated heterocycles. The highest BCUT2D eigenvalue weighted by atomic mass is 32.2. The van der Waals surface area contributed by atoms with Gasteiger partial charge in [-0.15, -0.1) is 0 Å². The first-order valence-corrected chi connectivity index (χ1v) is 13.2. The summed E-state index contributed by atoms with van der Waals surface area (Å²) >= 11 is 0. The van der Waals surface area contributed by atoms with Gasteiger partial charge in [-0.05, 0) is 37.5 Å². The molecule has 172 valence electrons. The van der Waals surface area contributed by atoms with E-state index in [2.05, 4.69) is 5.32 Å². The molecule has 2 aliphatic heterocycles. The van der Waals surface area contributed by atoms with E-state index in [9.17, 15) is 26.4 Å². The van der Waals surface area contributed by atoms with Crippen molar-refractivity contribution in [1.29, 1.82) is 0 Å². The molecular weight excluding hydrogens is 446 g/mol. The summed E-state index contributed by atoms with van der Waals surface area (Å²) in [7, 11) is -4.11. The minimum atomic E-state index is -3.76. The number of anilines is 1. The van der Waals surface area contributed by atoms with Gasteiger partial charge in [0.15, 0.2) is 16.4 Å². The van der Waals surface area contributed by atoms with Gasteiger partial charge in [0.05, 0.1) is 27.7 Å². The standard InChI is InChI=1S/C19H27N3O7S2/c1-21(2)31(27,28)15-5-6-17(22-8-3-4-9-22)16(11-15)19(24)29-12-18(23)20-14-7-10-30(25,26)13-14/h5-6,11,14H,3-4,7-10,12-13H2,1-2H3,(H,20,23)/t14-/m1/s1. The lowest BCUT2D eigenvalue weighted by atomic mass is 10.1. The number of hydrogen-bond donors (Lipinski definition) is 1. The summed E-state index contributed by atoms with van der Waals surface area (Å²) in [6.07, 6.45) is 2.24. The number of carbonyl (C=O) groups excluding carboxylic acids is 2. The highest BCUT2D eigenvalue weighted by molar-refractivity contribution is 7.91. The molecule has 0 spiro atoms. The molecule has 1 aromatic carbocycles. The minimum absolute atomic E-state index is 0.0179. The van der Waals surface area contributed by atoms with E-state index in [1.807, 2.05) is 4.90 Å². The molecule has 0 saturated carbocycles. The number of esters is 1. The highest BCUT2D eigenvalue weighted by Gasteiger charge is 2.30. The molecule has 0 unspecified atom stereocenters. The lowest BCUT2D eigenvalue weighted by molar-refractivity contribution is -0.124. The summed E-state index contributed by atoms with van der Waals surface area (Å²) in [6.45, 7) is 0.882. The van der Waals surface area contributed by atoms with E-state index in [4.69, 9.17) is 4.74 Å². The zero-order valence-corrected chi connectivity index (χ0v) is 19.2. The van der Waals surface area contributed by atoms with Gasteiger partial charge in [0.2, 0.25) is 10.0 Å². The molecule has 1 N–H and O–H groups in total. The molecular formula is C19H27N3O7S2. The second-order valence-electron chi connectivity index (χ2n) is 7.90. The number of hydrogen-bond acceptors (Lipinski definition) is 8. The molecule has 3 rings (SSSR count). The van der Waals surface area contributed by atoms with Crippen LogP contribution in [0.4, 0.5) is 5.69 Å². The normalized spacial score (nSPS) is 20.7.